The Hall–Kier alpha value is -4.05. The minimum atomic E-state index is -0.466. The van der Waals surface area contributed by atoms with E-state index in [1.807, 2.05) is 46.9 Å². The zero-order chi connectivity index (χ0) is 23.7. The number of carbonyl (C=O) groups is 1. The van der Waals surface area contributed by atoms with Gasteiger partial charge in [0.25, 0.3) is 5.56 Å². The molecular weight excluding hydrogens is 456 g/mol. The van der Waals surface area contributed by atoms with Crippen LogP contribution in [0.25, 0.3) is 16.7 Å². The second-order valence-electron chi connectivity index (χ2n) is 7.38. The van der Waals surface area contributed by atoms with Gasteiger partial charge in [-0.2, -0.15) is 0 Å². The standard InChI is InChI=1S/C24H20N4O5S/c1-31-19-10-6-3-7-15(19)13-27-21(29)16-8-4-5-9-18(16)28-23(27)25-26-24(28)34-14-20-17(11-12-33-20)22(30)32-2/h3-12H,13-14H2,1-2H3. The molecule has 10 heteroatoms. The van der Waals surface area contributed by atoms with Crippen molar-refractivity contribution >= 4 is 34.4 Å². The number of thioether (sulfide) groups is 1. The van der Waals surface area contributed by atoms with Crippen molar-refractivity contribution in [3.8, 4) is 5.75 Å². The van der Waals surface area contributed by atoms with Crippen LogP contribution in [0.3, 0.4) is 0 Å². The van der Waals surface area contributed by atoms with Crippen LogP contribution in [0, 0.1) is 0 Å². The largest absolute Gasteiger partial charge is 0.496 e. The maximum absolute atomic E-state index is 13.4. The molecule has 0 aliphatic rings. The maximum Gasteiger partial charge on any atom is 0.341 e. The van der Waals surface area contributed by atoms with Crippen molar-refractivity contribution in [1.29, 1.82) is 0 Å². The lowest BCUT2D eigenvalue weighted by molar-refractivity contribution is 0.0598. The Labute approximate surface area is 197 Å². The number of rotatable bonds is 7. The summed E-state index contributed by atoms with van der Waals surface area (Å²) in [6.07, 6.45) is 1.45. The number of fused-ring (bicyclic) bond motifs is 3. The summed E-state index contributed by atoms with van der Waals surface area (Å²) in [5, 5.41) is 9.80. The number of hydrogen-bond acceptors (Lipinski definition) is 8. The third-order valence-electron chi connectivity index (χ3n) is 5.48. The molecule has 0 radical (unpaired) electrons. The van der Waals surface area contributed by atoms with Crippen LogP contribution in [-0.4, -0.2) is 39.4 Å². The average molecular weight is 477 g/mol. The van der Waals surface area contributed by atoms with E-state index in [2.05, 4.69) is 10.2 Å². The average Bonchev–Trinajstić information content (AvgIpc) is 3.52. The quantitative estimate of drug-likeness (QED) is 0.258. The molecule has 0 fully saturated rings. The van der Waals surface area contributed by atoms with Crippen molar-refractivity contribution in [3.05, 3.63) is 88.1 Å². The number of hydrogen-bond donors (Lipinski definition) is 0. The van der Waals surface area contributed by atoms with Gasteiger partial charge in [0.15, 0.2) is 5.16 Å². The highest BCUT2D eigenvalue weighted by Crippen LogP contribution is 2.27. The first-order chi connectivity index (χ1) is 16.6. The van der Waals surface area contributed by atoms with E-state index in [0.717, 1.165) is 5.56 Å². The van der Waals surface area contributed by atoms with Crippen LogP contribution in [0.15, 0.2) is 75.2 Å². The molecule has 9 nitrogen and oxygen atoms in total. The molecular formula is C24H20N4O5S. The number of esters is 1. The summed E-state index contributed by atoms with van der Waals surface area (Å²) in [5.74, 6) is 1.43. The van der Waals surface area contributed by atoms with Crippen molar-refractivity contribution in [1.82, 2.24) is 19.2 Å². The minimum Gasteiger partial charge on any atom is -0.496 e. The minimum absolute atomic E-state index is 0.169. The van der Waals surface area contributed by atoms with Crippen molar-refractivity contribution in [2.75, 3.05) is 14.2 Å². The van der Waals surface area contributed by atoms with E-state index in [1.165, 1.54) is 25.1 Å². The third kappa shape index (κ3) is 3.71. The fourth-order valence-electron chi connectivity index (χ4n) is 3.85. The molecule has 0 unspecified atom stereocenters. The molecule has 5 aromatic rings. The molecule has 0 bridgehead atoms. The summed E-state index contributed by atoms with van der Waals surface area (Å²) >= 11 is 1.35. The van der Waals surface area contributed by atoms with Gasteiger partial charge >= 0.3 is 5.97 Å². The Bertz CT molecular complexity index is 1570. The van der Waals surface area contributed by atoms with Crippen LogP contribution >= 0.6 is 11.8 Å². The number of aromatic nitrogens is 4. The van der Waals surface area contributed by atoms with E-state index in [-0.39, 0.29) is 12.1 Å². The summed E-state index contributed by atoms with van der Waals surface area (Å²) in [6.45, 7) is 0.269. The van der Waals surface area contributed by atoms with E-state index in [4.69, 9.17) is 13.9 Å². The van der Waals surface area contributed by atoms with E-state index in [9.17, 15) is 9.59 Å². The fraction of sp³-hybridized carbons (Fsp3) is 0.167. The van der Waals surface area contributed by atoms with Crippen molar-refractivity contribution < 1.29 is 18.7 Å². The summed E-state index contributed by atoms with van der Waals surface area (Å²) in [5.41, 5.74) is 1.73. The first kappa shape index (κ1) is 21.8. The summed E-state index contributed by atoms with van der Waals surface area (Å²) in [7, 11) is 2.92. The number of furan rings is 1. The van der Waals surface area contributed by atoms with Crippen LogP contribution in [0.2, 0.25) is 0 Å². The first-order valence-electron chi connectivity index (χ1n) is 10.4. The van der Waals surface area contributed by atoms with E-state index >= 15 is 0 Å². The summed E-state index contributed by atoms with van der Waals surface area (Å²) < 4.78 is 19.2. The first-order valence-corrected chi connectivity index (χ1v) is 11.4. The predicted octanol–water partition coefficient (Wildman–Crippen LogP) is 3.77. The molecule has 0 spiro atoms. The number of ether oxygens (including phenoxy) is 2. The lowest BCUT2D eigenvalue weighted by atomic mass is 10.2. The topological polar surface area (TPSA) is 101 Å². The van der Waals surface area contributed by atoms with Crippen molar-refractivity contribution in [3.63, 3.8) is 0 Å². The molecule has 0 aliphatic heterocycles. The Morgan fingerprint density at radius 2 is 1.85 bits per heavy atom. The van der Waals surface area contributed by atoms with Crippen LogP contribution in [0.1, 0.15) is 21.7 Å². The molecule has 34 heavy (non-hydrogen) atoms. The zero-order valence-corrected chi connectivity index (χ0v) is 19.2. The second-order valence-corrected chi connectivity index (χ2v) is 8.32. The van der Waals surface area contributed by atoms with Gasteiger partial charge in [0.05, 0.1) is 43.7 Å². The normalized spacial score (nSPS) is 11.2. The molecule has 0 saturated carbocycles. The summed E-state index contributed by atoms with van der Waals surface area (Å²) in [4.78, 5) is 25.4. The van der Waals surface area contributed by atoms with Crippen LogP contribution in [0.5, 0.6) is 5.75 Å². The van der Waals surface area contributed by atoms with Gasteiger partial charge < -0.3 is 13.9 Å². The molecule has 0 aliphatic carbocycles. The summed E-state index contributed by atoms with van der Waals surface area (Å²) in [6, 6.07) is 16.4. The van der Waals surface area contributed by atoms with Gasteiger partial charge in [0.1, 0.15) is 17.1 Å². The SMILES string of the molecule is COC(=O)c1ccoc1CSc1nnc2n(Cc3ccccc3OC)c(=O)c3ccccc3n12. The highest BCUT2D eigenvalue weighted by atomic mass is 32.2. The van der Waals surface area contributed by atoms with Gasteiger partial charge in [-0.25, -0.2) is 4.79 Å². The number of benzene rings is 2. The smallest absolute Gasteiger partial charge is 0.341 e. The fourth-order valence-corrected chi connectivity index (χ4v) is 4.74. The van der Waals surface area contributed by atoms with E-state index in [0.29, 0.717) is 44.7 Å². The number of para-hydroxylation sites is 2. The van der Waals surface area contributed by atoms with Gasteiger partial charge in [-0.15, -0.1) is 10.2 Å². The van der Waals surface area contributed by atoms with E-state index in [1.54, 1.807) is 23.8 Å². The lowest BCUT2D eigenvalue weighted by Crippen LogP contribution is -2.24. The van der Waals surface area contributed by atoms with Crippen LogP contribution < -0.4 is 10.3 Å². The molecule has 0 N–H and O–H groups in total. The number of carbonyl (C=O) groups excluding carboxylic acids is 1. The Morgan fingerprint density at radius 3 is 2.68 bits per heavy atom. The van der Waals surface area contributed by atoms with Crippen molar-refractivity contribution in [2.24, 2.45) is 0 Å². The van der Waals surface area contributed by atoms with Crippen molar-refractivity contribution in [2.45, 2.75) is 17.5 Å². The van der Waals surface area contributed by atoms with E-state index < -0.39 is 5.97 Å². The molecule has 0 atom stereocenters. The third-order valence-corrected chi connectivity index (χ3v) is 6.41. The molecule has 3 heterocycles. The van der Waals surface area contributed by atoms with Gasteiger partial charge in [0.2, 0.25) is 5.78 Å². The van der Waals surface area contributed by atoms with Gasteiger partial charge in [0, 0.05) is 5.56 Å². The zero-order valence-electron chi connectivity index (χ0n) is 18.4. The molecule has 172 valence electrons. The second kappa shape index (κ2) is 9.06. The van der Waals surface area contributed by atoms with Crippen LogP contribution in [0.4, 0.5) is 0 Å². The molecule has 2 aromatic carbocycles. The molecule has 3 aromatic heterocycles. The molecule has 0 amide bonds. The Balaban J connectivity index is 1.61. The predicted molar refractivity (Wildman–Crippen MR) is 126 cm³/mol. The van der Waals surface area contributed by atoms with Gasteiger partial charge in [-0.05, 0) is 24.3 Å². The van der Waals surface area contributed by atoms with Gasteiger partial charge in [-0.3, -0.25) is 13.8 Å². The highest BCUT2D eigenvalue weighted by Gasteiger charge is 2.20. The maximum atomic E-state index is 13.4. The lowest BCUT2D eigenvalue weighted by Gasteiger charge is -2.13. The number of nitrogens with zero attached hydrogens (tertiary/aromatic N) is 4. The van der Waals surface area contributed by atoms with Crippen LogP contribution in [-0.2, 0) is 17.0 Å². The Kier molecular flexibility index (Phi) is 5.81. The number of methoxy groups -OCH3 is 2. The monoisotopic (exact) mass is 476 g/mol. The Morgan fingerprint density at radius 1 is 1.06 bits per heavy atom. The molecule has 0 saturated heterocycles. The van der Waals surface area contributed by atoms with Gasteiger partial charge in [-0.1, -0.05) is 42.1 Å². The highest BCUT2D eigenvalue weighted by molar-refractivity contribution is 7.98. The molecule has 5 rings (SSSR count).